The lowest BCUT2D eigenvalue weighted by molar-refractivity contribution is -0.383. The highest BCUT2D eigenvalue weighted by Gasteiger charge is 2.24. The molecule has 0 spiro atoms. The number of rotatable bonds is 6. The van der Waals surface area contributed by atoms with Gasteiger partial charge in [0.25, 0.3) is 0 Å². The highest BCUT2D eigenvalue weighted by Crippen LogP contribution is 2.35. The van der Waals surface area contributed by atoms with Crippen molar-refractivity contribution >= 4 is 57.7 Å². The molecule has 3 rings (SSSR count). The van der Waals surface area contributed by atoms with Crippen LogP contribution in [0.15, 0.2) is 48.8 Å². The van der Waals surface area contributed by atoms with E-state index in [2.05, 4.69) is 20.6 Å². The number of halogens is 2. The van der Waals surface area contributed by atoms with Crippen LogP contribution in [0.25, 0.3) is 0 Å². The van der Waals surface area contributed by atoms with Crippen LogP contribution in [0.2, 0.25) is 10.0 Å². The van der Waals surface area contributed by atoms with Gasteiger partial charge < -0.3 is 10.6 Å². The minimum Gasteiger partial charge on any atom is -0.334 e. The minimum atomic E-state index is -0.613. The molecule has 10 heteroatoms. The van der Waals surface area contributed by atoms with E-state index in [-0.39, 0.29) is 23.1 Å². The van der Waals surface area contributed by atoms with Gasteiger partial charge in [0, 0.05) is 16.3 Å². The molecule has 0 saturated carbocycles. The number of nitrogens with one attached hydrogen (secondary N) is 2. The van der Waals surface area contributed by atoms with E-state index in [4.69, 9.17) is 23.2 Å². The van der Waals surface area contributed by atoms with Crippen LogP contribution in [0, 0.1) is 10.1 Å². The molecule has 0 amide bonds. The largest absolute Gasteiger partial charge is 0.353 e. The Morgan fingerprint density at radius 1 is 1.07 bits per heavy atom. The van der Waals surface area contributed by atoms with Gasteiger partial charge in [-0.25, -0.2) is 9.97 Å². The Bertz CT molecular complexity index is 1070. The van der Waals surface area contributed by atoms with Crippen LogP contribution in [0.3, 0.4) is 0 Å². The maximum Gasteiger partial charge on any atom is 0.353 e. The Labute approximate surface area is 169 Å². The fourth-order valence-electron chi connectivity index (χ4n) is 2.41. The molecular weight excluding hydrogens is 405 g/mol. The standard InChI is InChI=1S/C18H13Cl2N5O3/c1-10(26)11-3-2-4-13(7-11)23-17-16(25(27)28)18(22-9-21-17)24-15-8-12(19)5-6-14(15)20/h2-9H,1H3,(H2,21,22,23,24). The van der Waals surface area contributed by atoms with Crippen LogP contribution in [0.5, 0.6) is 0 Å². The molecule has 0 saturated heterocycles. The number of nitro groups is 1. The van der Waals surface area contributed by atoms with Gasteiger partial charge in [-0.15, -0.1) is 0 Å². The van der Waals surface area contributed by atoms with Crippen molar-refractivity contribution in [3.05, 3.63) is 74.5 Å². The summed E-state index contributed by atoms with van der Waals surface area (Å²) in [6.07, 6.45) is 1.17. The molecule has 0 aliphatic heterocycles. The Kier molecular flexibility index (Phi) is 5.72. The van der Waals surface area contributed by atoms with Crippen molar-refractivity contribution in [2.75, 3.05) is 10.6 Å². The molecule has 2 N–H and O–H groups in total. The van der Waals surface area contributed by atoms with Gasteiger partial charge in [0.05, 0.1) is 15.6 Å². The lowest BCUT2D eigenvalue weighted by Crippen LogP contribution is -2.06. The Morgan fingerprint density at radius 2 is 1.79 bits per heavy atom. The zero-order chi connectivity index (χ0) is 20.3. The molecule has 0 aliphatic carbocycles. The van der Waals surface area contributed by atoms with Crippen LogP contribution in [0.4, 0.5) is 28.7 Å². The second kappa shape index (κ2) is 8.20. The van der Waals surface area contributed by atoms with Gasteiger partial charge in [-0.3, -0.25) is 14.9 Å². The molecule has 0 atom stereocenters. The summed E-state index contributed by atoms with van der Waals surface area (Å²) in [5.74, 6) is -0.227. The van der Waals surface area contributed by atoms with E-state index >= 15 is 0 Å². The van der Waals surface area contributed by atoms with E-state index < -0.39 is 4.92 Å². The van der Waals surface area contributed by atoms with Gasteiger partial charge in [-0.1, -0.05) is 35.3 Å². The molecule has 3 aromatic rings. The molecule has 8 nitrogen and oxygen atoms in total. The highest BCUT2D eigenvalue weighted by atomic mass is 35.5. The summed E-state index contributed by atoms with van der Waals surface area (Å²) in [5.41, 5.74) is 0.916. The van der Waals surface area contributed by atoms with Gasteiger partial charge in [0.2, 0.25) is 11.6 Å². The van der Waals surface area contributed by atoms with Crippen LogP contribution in [0.1, 0.15) is 17.3 Å². The number of anilines is 4. The van der Waals surface area contributed by atoms with Gasteiger partial charge in [-0.05, 0) is 37.3 Å². The lowest BCUT2D eigenvalue weighted by atomic mass is 10.1. The summed E-state index contributed by atoms with van der Waals surface area (Å²) in [4.78, 5) is 30.5. The third-order valence-electron chi connectivity index (χ3n) is 3.72. The second-order valence-corrected chi connectivity index (χ2v) is 6.53. The van der Waals surface area contributed by atoms with E-state index in [9.17, 15) is 14.9 Å². The van der Waals surface area contributed by atoms with Crippen LogP contribution in [-0.4, -0.2) is 20.7 Å². The Balaban J connectivity index is 2.00. The topological polar surface area (TPSA) is 110 Å². The van der Waals surface area contributed by atoms with Crippen molar-refractivity contribution in [1.82, 2.24) is 9.97 Å². The van der Waals surface area contributed by atoms with Crippen LogP contribution < -0.4 is 10.6 Å². The number of benzene rings is 2. The van der Waals surface area contributed by atoms with Gasteiger partial charge in [0.1, 0.15) is 6.33 Å². The maximum atomic E-state index is 11.7. The molecule has 28 heavy (non-hydrogen) atoms. The predicted molar refractivity (Wildman–Crippen MR) is 108 cm³/mol. The number of ketones is 1. The van der Waals surface area contributed by atoms with E-state index in [1.54, 1.807) is 36.4 Å². The monoisotopic (exact) mass is 417 g/mol. The smallest absolute Gasteiger partial charge is 0.334 e. The zero-order valence-electron chi connectivity index (χ0n) is 14.4. The zero-order valence-corrected chi connectivity index (χ0v) is 16.0. The quantitative estimate of drug-likeness (QED) is 0.314. The maximum absolute atomic E-state index is 11.7. The molecule has 142 valence electrons. The normalized spacial score (nSPS) is 10.4. The van der Waals surface area contributed by atoms with E-state index in [0.717, 1.165) is 0 Å². The number of carbonyl (C=O) groups excluding carboxylic acids is 1. The minimum absolute atomic E-state index is 0.0404. The van der Waals surface area contributed by atoms with E-state index in [1.165, 1.54) is 19.3 Å². The predicted octanol–water partition coefficient (Wildman–Crippen LogP) is 5.38. The van der Waals surface area contributed by atoms with Crippen LogP contribution >= 0.6 is 23.2 Å². The molecule has 0 fully saturated rings. The first kappa shape index (κ1) is 19.5. The van der Waals surface area contributed by atoms with Crippen molar-refractivity contribution in [2.24, 2.45) is 0 Å². The third kappa shape index (κ3) is 4.36. The summed E-state index contributed by atoms with van der Waals surface area (Å²) in [6.45, 7) is 1.43. The van der Waals surface area contributed by atoms with Crippen molar-refractivity contribution in [2.45, 2.75) is 6.92 Å². The fourth-order valence-corrected chi connectivity index (χ4v) is 2.75. The van der Waals surface area contributed by atoms with Crippen molar-refractivity contribution in [1.29, 1.82) is 0 Å². The summed E-state index contributed by atoms with van der Waals surface area (Å²) in [5, 5.41) is 18.1. The second-order valence-electron chi connectivity index (χ2n) is 5.69. The van der Waals surface area contributed by atoms with Crippen molar-refractivity contribution in [3.8, 4) is 0 Å². The van der Waals surface area contributed by atoms with Gasteiger partial charge >= 0.3 is 5.69 Å². The summed E-state index contributed by atoms with van der Waals surface area (Å²) >= 11 is 12.1. The van der Waals surface area contributed by atoms with E-state index in [0.29, 0.717) is 27.0 Å². The number of hydrogen-bond donors (Lipinski definition) is 2. The lowest BCUT2D eigenvalue weighted by Gasteiger charge is -2.11. The number of Topliss-reactive ketones (excluding diaryl/α,β-unsaturated/α-hetero) is 1. The average Bonchev–Trinajstić information content (AvgIpc) is 2.65. The SMILES string of the molecule is CC(=O)c1cccc(Nc2ncnc(Nc3cc(Cl)ccc3Cl)c2[N+](=O)[O-])c1. The average molecular weight is 418 g/mol. The molecule has 0 radical (unpaired) electrons. The first-order valence-electron chi connectivity index (χ1n) is 7.94. The first-order valence-corrected chi connectivity index (χ1v) is 8.70. The fraction of sp³-hybridized carbons (Fsp3) is 0.0556. The number of nitrogens with zero attached hydrogens (tertiary/aromatic N) is 3. The molecule has 1 aromatic heterocycles. The highest BCUT2D eigenvalue weighted by molar-refractivity contribution is 6.35. The summed E-state index contributed by atoms with van der Waals surface area (Å²) in [7, 11) is 0. The van der Waals surface area contributed by atoms with Crippen molar-refractivity contribution in [3.63, 3.8) is 0 Å². The number of carbonyl (C=O) groups is 1. The first-order chi connectivity index (χ1) is 13.3. The van der Waals surface area contributed by atoms with Crippen molar-refractivity contribution < 1.29 is 9.72 Å². The molecule has 2 aromatic carbocycles. The number of aromatic nitrogens is 2. The summed E-state index contributed by atoms with van der Waals surface area (Å²) in [6, 6.07) is 11.2. The Hall–Kier alpha value is -3.23. The third-order valence-corrected chi connectivity index (χ3v) is 4.28. The molecule has 0 bridgehead atoms. The van der Waals surface area contributed by atoms with Gasteiger partial charge in [0.15, 0.2) is 5.78 Å². The molecular formula is C18H13Cl2N5O3. The Morgan fingerprint density at radius 3 is 2.46 bits per heavy atom. The number of hydrogen-bond acceptors (Lipinski definition) is 7. The van der Waals surface area contributed by atoms with E-state index in [1.807, 2.05) is 0 Å². The molecule has 0 aliphatic rings. The molecule has 0 unspecified atom stereocenters. The van der Waals surface area contributed by atoms with Gasteiger partial charge in [-0.2, -0.15) is 0 Å². The van der Waals surface area contributed by atoms with Crippen LogP contribution in [-0.2, 0) is 0 Å². The molecule has 1 heterocycles. The summed E-state index contributed by atoms with van der Waals surface area (Å²) < 4.78 is 0.